The Morgan fingerprint density at radius 1 is 1.33 bits per heavy atom. The highest BCUT2D eigenvalue weighted by Crippen LogP contribution is 2.30. The summed E-state index contributed by atoms with van der Waals surface area (Å²) in [6.07, 6.45) is 1.48. The maximum absolute atomic E-state index is 12.6. The minimum Gasteiger partial charge on any atom is -0.508 e. The molecule has 0 spiro atoms. The van der Waals surface area contributed by atoms with Crippen LogP contribution in [0.25, 0.3) is 0 Å². The summed E-state index contributed by atoms with van der Waals surface area (Å²) >= 11 is 0. The van der Waals surface area contributed by atoms with E-state index in [2.05, 4.69) is 4.98 Å². The Hall–Kier alpha value is -1.86. The number of hydrogen-bond acceptors (Lipinski definition) is 4. The van der Waals surface area contributed by atoms with E-state index in [0.717, 1.165) is 0 Å². The van der Waals surface area contributed by atoms with Gasteiger partial charge in [0.15, 0.2) is 5.03 Å². The summed E-state index contributed by atoms with van der Waals surface area (Å²) in [7, 11) is -0.488. The van der Waals surface area contributed by atoms with Gasteiger partial charge in [0, 0.05) is 25.9 Å². The lowest BCUT2D eigenvalue weighted by Gasteiger charge is -2.24. The van der Waals surface area contributed by atoms with Crippen LogP contribution in [0.15, 0.2) is 35.5 Å². The van der Waals surface area contributed by atoms with Crippen molar-refractivity contribution in [1.82, 2.24) is 13.9 Å². The molecule has 0 saturated heterocycles. The predicted octanol–water partition coefficient (Wildman–Crippen LogP) is 1.82. The number of aromatic nitrogens is 2. The number of rotatable bonds is 4. The van der Waals surface area contributed by atoms with Crippen LogP contribution in [-0.2, 0) is 17.1 Å². The summed E-state index contributed by atoms with van der Waals surface area (Å²) in [4.78, 5) is 4.07. The summed E-state index contributed by atoms with van der Waals surface area (Å²) in [5.74, 6) is 0.696. The molecule has 2 rings (SSSR count). The molecule has 0 fully saturated rings. The first-order valence-corrected chi connectivity index (χ1v) is 7.95. The fourth-order valence-corrected chi connectivity index (χ4v) is 3.41. The Kier molecular flexibility index (Phi) is 4.06. The molecule has 0 aliphatic rings. The molecule has 1 aromatic heterocycles. The topological polar surface area (TPSA) is 75.4 Å². The van der Waals surface area contributed by atoms with Gasteiger partial charge in [-0.15, -0.1) is 0 Å². The van der Waals surface area contributed by atoms with Crippen LogP contribution >= 0.6 is 0 Å². The third-order valence-electron chi connectivity index (χ3n) is 3.66. The van der Waals surface area contributed by atoms with E-state index in [1.54, 1.807) is 43.7 Å². The van der Waals surface area contributed by atoms with Crippen LogP contribution in [0.1, 0.15) is 24.4 Å². The van der Waals surface area contributed by atoms with E-state index in [-0.39, 0.29) is 10.8 Å². The standard InChI is InChI=1S/C14H19N3O3S/c1-10(12-7-5-6-8-13(12)18)17(4)21(19,20)14-9-16(3)11(2)15-14/h5-10,18H,1-4H3. The van der Waals surface area contributed by atoms with Crippen molar-refractivity contribution >= 4 is 10.0 Å². The van der Waals surface area contributed by atoms with E-state index in [4.69, 9.17) is 0 Å². The molecule has 0 aliphatic heterocycles. The van der Waals surface area contributed by atoms with E-state index >= 15 is 0 Å². The van der Waals surface area contributed by atoms with Gasteiger partial charge in [0.2, 0.25) is 0 Å². The predicted molar refractivity (Wildman–Crippen MR) is 79.4 cm³/mol. The summed E-state index contributed by atoms with van der Waals surface area (Å²) in [5.41, 5.74) is 0.552. The molecule has 0 amide bonds. The molecule has 0 aliphatic carbocycles. The first-order valence-electron chi connectivity index (χ1n) is 6.51. The summed E-state index contributed by atoms with van der Waals surface area (Å²) in [5, 5.41) is 9.88. The van der Waals surface area contributed by atoms with Crippen molar-refractivity contribution in [3.8, 4) is 5.75 Å². The van der Waals surface area contributed by atoms with Crippen LogP contribution in [0.3, 0.4) is 0 Å². The Bertz CT molecular complexity index is 733. The smallest absolute Gasteiger partial charge is 0.262 e. The molecule has 21 heavy (non-hydrogen) atoms. The van der Waals surface area contributed by atoms with Crippen molar-refractivity contribution in [3.05, 3.63) is 41.9 Å². The van der Waals surface area contributed by atoms with Crippen molar-refractivity contribution in [1.29, 1.82) is 0 Å². The molecule has 1 aromatic carbocycles. The van der Waals surface area contributed by atoms with Crippen LogP contribution in [0, 0.1) is 6.92 Å². The van der Waals surface area contributed by atoms with E-state index in [9.17, 15) is 13.5 Å². The molecule has 1 unspecified atom stereocenters. The van der Waals surface area contributed by atoms with Gasteiger partial charge in [-0.2, -0.15) is 4.31 Å². The van der Waals surface area contributed by atoms with Gasteiger partial charge in [-0.1, -0.05) is 18.2 Å². The van der Waals surface area contributed by atoms with Crippen molar-refractivity contribution in [2.24, 2.45) is 7.05 Å². The minimum atomic E-state index is -3.71. The summed E-state index contributed by atoms with van der Waals surface area (Å²) in [6, 6.07) is 6.20. The molecule has 7 heteroatoms. The molecule has 1 atom stereocenters. The third kappa shape index (κ3) is 2.79. The molecule has 2 aromatic rings. The lowest BCUT2D eigenvalue weighted by Crippen LogP contribution is -2.30. The fourth-order valence-electron chi connectivity index (χ4n) is 2.04. The molecular formula is C14H19N3O3S. The Labute approximate surface area is 124 Å². The summed E-state index contributed by atoms with van der Waals surface area (Å²) < 4.78 is 28.1. The maximum Gasteiger partial charge on any atom is 0.262 e. The maximum atomic E-state index is 12.6. The van der Waals surface area contributed by atoms with E-state index in [1.165, 1.54) is 23.6 Å². The number of aromatic hydroxyl groups is 1. The highest BCUT2D eigenvalue weighted by atomic mass is 32.2. The zero-order chi connectivity index (χ0) is 15.8. The molecule has 1 N–H and O–H groups in total. The van der Waals surface area contributed by atoms with Gasteiger partial charge < -0.3 is 9.67 Å². The van der Waals surface area contributed by atoms with Crippen LogP contribution in [-0.4, -0.2) is 34.4 Å². The quantitative estimate of drug-likeness (QED) is 0.934. The van der Waals surface area contributed by atoms with Gasteiger partial charge >= 0.3 is 0 Å². The zero-order valence-corrected chi connectivity index (χ0v) is 13.3. The average molecular weight is 309 g/mol. The van der Waals surface area contributed by atoms with Crippen molar-refractivity contribution < 1.29 is 13.5 Å². The number of sulfonamides is 1. The highest BCUT2D eigenvalue weighted by Gasteiger charge is 2.29. The molecule has 0 radical (unpaired) electrons. The SMILES string of the molecule is Cc1nc(S(=O)(=O)N(C)C(C)c2ccccc2O)cn1C. The van der Waals surface area contributed by atoms with Gasteiger partial charge in [-0.25, -0.2) is 13.4 Å². The molecular weight excluding hydrogens is 290 g/mol. The van der Waals surface area contributed by atoms with Gasteiger partial charge in [0.25, 0.3) is 10.0 Å². The van der Waals surface area contributed by atoms with Gasteiger partial charge in [-0.3, -0.25) is 0 Å². The van der Waals surface area contributed by atoms with Gasteiger partial charge in [0.1, 0.15) is 11.6 Å². The lowest BCUT2D eigenvalue weighted by molar-refractivity contribution is 0.380. The van der Waals surface area contributed by atoms with Gasteiger partial charge in [-0.05, 0) is 19.9 Å². The Morgan fingerprint density at radius 3 is 2.48 bits per heavy atom. The first kappa shape index (κ1) is 15.5. The number of phenols is 1. The highest BCUT2D eigenvalue weighted by molar-refractivity contribution is 7.89. The Balaban J connectivity index is 2.38. The number of phenolic OH excluding ortho intramolecular Hbond substituents is 1. The van der Waals surface area contributed by atoms with Crippen LogP contribution < -0.4 is 0 Å². The summed E-state index contributed by atoms with van der Waals surface area (Å²) in [6.45, 7) is 3.47. The van der Waals surface area contributed by atoms with Crippen LogP contribution in [0.4, 0.5) is 0 Å². The monoisotopic (exact) mass is 309 g/mol. The fraction of sp³-hybridized carbons (Fsp3) is 0.357. The molecule has 0 bridgehead atoms. The van der Waals surface area contributed by atoms with Crippen LogP contribution in [0.5, 0.6) is 5.75 Å². The molecule has 0 saturated carbocycles. The lowest BCUT2D eigenvalue weighted by atomic mass is 10.1. The number of aryl methyl sites for hydroxylation is 2. The largest absolute Gasteiger partial charge is 0.508 e. The zero-order valence-electron chi connectivity index (χ0n) is 12.5. The number of imidazole rings is 1. The second-order valence-electron chi connectivity index (χ2n) is 4.99. The number of para-hydroxylation sites is 1. The van der Waals surface area contributed by atoms with E-state index in [1.807, 2.05) is 0 Å². The van der Waals surface area contributed by atoms with E-state index in [0.29, 0.717) is 11.4 Å². The number of hydrogen-bond donors (Lipinski definition) is 1. The van der Waals surface area contributed by atoms with Crippen molar-refractivity contribution in [2.75, 3.05) is 7.05 Å². The average Bonchev–Trinajstić information content (AvgIpc) is 2.78. The second-order valence-corrected chi connectivity index (χ2v) is 6.94. The second kappa shape index (κ2) is 5.50. The Morgan fingerprint density at radius 2 is 1.95 bits per heavy atom. The number of benzene rings is 1. The minimum absolute atomic E-state index is 0.00673. The van der Waals surface area contributed by atoms with Gasteiger partial charge in [0.05, 0.1) is 6.04 Å². The molecule has 6 nitrogen and oxygen atoms in total. The van der Waals surface area contributed by atoms with E-state index < -0.39 is 16.1 Å². The third-order valence-corrected chi connectivity index (χ3v) is 5.46. The number of nitrogens with zero attached hydrogens (tertiary/aromatic N) is 3. The van der Waals surface area contributed by atoms with Crippen molar-refractivity contribution in [2.45, 2.75) is 24.9 Å². The molecule has 114 valence electrons. The van der Waals surface area contributed by atoms with Crippen LogP contribution in [0.2, 0.25) is 0 Å². The normalized spacial score (nSPS) is 13.6. The molecule has 1 heterocycles. The van der Waals surface area contributed by atoms with Crippen molar-refractivity contribution in [3.63, 3.8) is 0 Å². The first-order chi connectivity index (χ1) is 9.75.